The van der Waals surface area contributed by atoms with E-state index in [9.17, 15) is 0 Å². The van der Waals surface area contributed by atoms with E-state index in [-0.39, 0.29) is 6.17 Å². The van der Waals surface area contributed by atoms with Gasteiger partial charge in [-0.25, -0.2) is 9.98 Å². The van der Waals surface area contributed by atoms with Crippen molar-refractivity contribution in [3.05, 3.63) is 0 Å². The SMILES string of the molecule is S=C=NC(N=C=S)C1CSCCS1. The Morgan fingerprint density at radius 3 is 2.38 bits per heavy atom. The van der Waals surface area contributed by atoms with Crippen LogP contribution in [-0.2, 0) is 0 Å². The van der Waals surface area contributed by atoms with E-state index in [1.807, 2.05) is 23.5 Å². The number of thioether (sulfide) groups is 2. The zero-order valence-corrected chi connectivity index (χ0v) is 10.1. The van der Waals surface area contributed by atoms with Gasteiger partial charge in [0.25, 0.3) is 0 Å². The average molecular weight is 248 g/mol. The van der Waals surface area contributed by atoms with Gasteiger partial charge in [0.05, 0.1) is 15.6 Å². The van der Waals surface area contributed by atoms with Crippen molar-refractivity contribution in [2.75, 3.05) is 17.3 Å². The van der Waals surface area contributed by atoms with Crippen LogP contribution >= 0.6 is 48.0 Å². The summed E-state index contributed by atoms with van der Waals surface area (Å²) in [4.78, 5) is 7.94. The number of isothiocyanates is 2. The first-order valence-corrected chi connectivity index (χ1v) is 6.74. The summed E-state index contributed by atoms with van der Waals surface area (Å²) in [5, 5.41) is 5.09. The van der Waals surface area contributed by atoms with Crippen molar-refractivity contribution in [1.29, 1.82) is 0 Å². The number of aliphatic imine (C=N–C) groups is 2. The predicted octanol–water partition coefficient (Wildman–Crippen LogP) is 2.37. The Labute approximate surface area is 96.7 Å². The van der Waals surface area contributed by atoms with Gasteiger partial charge in [-0.2, -0.15) is 23.5 Å². The maximum atomic E-state index is 4.56. The minimum Gasteiger partial charge on any atom is -0.203 e. The molecule has 0 aromatic rings. The smallest absolute Gasteiger partial charge is 0.172 e. The van der Waals surface area contributed by atoms with Crippen molar-refractivity contribution in [3.63, 3.8) is 0 Å². The Morgan fingerprint density at radius 1 is 1.23 bits per heavy atom. The van der Waals surface area contributed by atoms with Crippen molar-refractivity contribution >= 4 is 58.3 Å². The summed E-state index contributed by atoms with van der Waals surface area (Å²) in [5.74, 6) is 3.40. The summed E-state index contributed by atoms with van der Waals surface area (Å²) in [6.45, 7) is 0. The van der Waals surface area contributed by atoms with E-state index >= 15 is 0 Å². The fraction of sp³-hybridized carbons (Fsp3) is 0.714. The van der Waals surface area contributed by atoms with E-state index in [4.69, 9.17) is 0 Å². The summed E-state index contributed by atoms with van der Waals surface area (Å²) in [6, 6.07) is 0. The molecule has 0 aromatic carbocycles. The molecule has 0 bridgehead atoms. The van der Waals surface area contributed by atoms with Crippen LogP contribution in [0.25, 0.3) is 0 Å². The fourth-order valence-corrected chi connectivity index (χ4v) is 3.89. The molecule has 6 heteroatoms. The second kappa shape index (κ2) is 6.71. The first-order chi connectivity index (χ1) is 6.38. The largest absolute Gasteiger partial charge is 0.203 e. The van der Waals surface area contributed by atoms with Crippen molar-refractivity contribution < 1.29 is 0 Å². The van der Waals surface area contributed by atoms with Crippen LogP contribution in [0.5, 0.6) is 0 Å². The van der Waals surface area contributed by atoms with Crippen LogP contribution in [-0.4, -0.2) is 39.0 Å². The monoisotopic (exact) mass is 248 g/mol. The van der Waals surface area contributed by atoms with Crippen molar-refractivity contribution in [2.45, 2.75) is 11.4 Å². The maximum Gasteiger partial charge on any atom is 0.172 e. The van der Waals surface area contributed by atoms with Gasteiger partial charge in [-0.15, -0.1) is 0 Å². The van der Waals surface area contributed by atoms with Crippen LogP contribution in [0.4, 0.5) is 0 Å². The van der Waals surface area contributed by atoms with E-state index in [2.05, 4.69) is 44.7 Å². The highest BCUT2D eigenvalue weighted by Crippen LogP contribution is 2.27. The van der Waals surface area contributed by atoms with Crippen LogP contribution in [0, 0.1) is 0 Å². The molecule has 0 amide bonds. The molecule has 1 saturated heterocycles. The number of rotatable bonds is 3. The third-order valence-corrected chi connectivity index (χ3v) is 4.59. The predicted molar refractivity (Wildman–Crippen MR) is 67.4 cm³/mol. The number of thiocarbonyl (C=S) groups is 2. The van der Waals surface area contributed by atoms with Gasteiger partial charge >= 0.3 is 0 Å². The molecule has 0 saturated carbocycles. The van der Waals surface area contributed by atoms with Gasteiger partial charge < -0.3 is 0 Å². The third kappa shape index (κ3) is 3.90. The molecule has 13 heavy (non-hydrogen) atoms. The van der Waals surface area contributed by atoms with Gasteiger partial charge in [-0.05, 0) is 24.4 Å². The highest BCUT2D eigenvalue weighted by atomic mass is 32.2. The Hall–Kier alpha value is 0.300. The van der Waals surface area contributed by atoms with E-state index in [1.54, 1.807) is 0 Å². The molecule has 0 aliphatic carbocycles. The lowest BCUT2D eigenvalue weighted by molar-refractivity contribution is 0.716. The number of nitrogens with zero attached hydrogens (tertiary/aromatic N) is 2. The Balaban J connectivity index is 2.61. The molecule has 70 valence electrons. The molecule has 1 aliphatic rings. The Kier molecular flexibility index (Phi) is 5.87. The highest BCUT2D eigenvalue weighted by Gasteiger charge is 2.23. The van der Waals surface area contributed by atoms with Gasteiger partial charge in [-0.3, -0.25) is 0 Å². The van der Waals surface area contributed by atoms with Crippen molar-refractivity contribution in [1.82, 2.24) is 0 Å². The molecule has 0 spiro atoms. The maximum absolute atomic E-state index is 4.56. The van der Waals surface area contributed by atoms with Gasteiger partial charge in [0, 0.05) is 17.3 Å². The van der Waals surface area contributed by atoms with Gasteiger partial charge in [-0.1, -0.05) is 0 Å². The Morgan fingerprint density at radius 2 is 1.92 bits per heavy atom. The third-order valence-electron chi connectivity index (χ3n) is 1.54. The lowest BCUT2D eigenvalue weighted by Crippen LogP contribution is -2.25. The zero-order chi connectivity index (χ0) is 9.52. The molecule has 2 nitrogen and oxygen atoms in total. The van der Waals surface area contributed by atoms with E-state index in [0.717, 1.165) is 11.5 Å². The molecule has 0 radical (unpaired) electrons. The van der Waals surface area contributed by atoms with E-state index in [0.29, 0.717) is 5.25 Å². The normalized spacial score (nSPS) is 23.8. The molecule has 1 fully saturated rings. The van der Waals surface area contributed by atoms with Gasteiger partial charge in [0.2, 0.25) is 0 Å². The number of hydrogen-bond acceptors (Lipinski definition) is 6. The quantitative estimate of drug-likeness (QED) is 0.565. The van der Waals surface area contributed by atoms with Crippen LogP contribution in [0.3, 0.4) is 0 Å². The van der Waals surface area contributed by atoms with E-state index in [1.165, 1.54) is 5.75 Å². The summed E-state index contributed by atoms with van der Waals surface area (Å²) >= 11 is 12.9. The van der Waals surface area contributed by atoms with Crippen LogP contribution in [0.2, 0.25) is 0 Å². The number of hydrogen-bond donors (Lipinski definition) is 0. The van der Waals surface area contributed by atoms with Crippen molar-refractivity contribution in [2.24, 2.45) is 9.98 Å². The molecule has 1 unspecified atom stereocenters. The minimum atomic E-state index is -0.173. The summed E-state index contributed by atoms with van der Waals surface area (Å²) in [5.41, 5.74) is 0. The lowest BCUT2D eigenvalue weighted by Gasteiger charge is -2.22. The fourth-order valence-electron chi connectivity index (χ4n) is 0.981. The van der Waals surface area contributed by atoms with Gasteiger partial charge in [0.15, 0.2) is 6.17 Å². The molecule has 0 aromatic heterocycles. The molecule has 1 atom stereocenters. The second-order valence-corrected chi connectivity index (χ2v) is 5.20. The van der Waals surface area contributed by atoms with E-state index < -0.39 is 0 Å². The molecular formula is C7H8N2S4. The molecular weight excluding hydrogens is 240 g/mol. The highest BCUT2D eigenvalue weighted by molar-refractivity contribution is 8.06. The molecule has 1 heterocycles. The topological polar surface area (TPSA) is 24.7 Å². The standard InChI is InChI=1S/C7H8N2S4/c10-4-8-7(9-5-11)6-3-12-1-2-13-6/h6-7H,1-3H2. The Bertz CT molecular complexity index is 231. The molecule has 1 aliphatic heterocycles. The summed E-state index contributed by atoms with van der Waals surface area (Å²) in [6.07, 6.45) is -0.173. The van der Waals surface area contributed by atoms with Crippen LogP contribution in [0.1, 0.15) is 0 Å². The second-order valence-electron chi connectivity index (χ2n) is 2.34. The minimum absolute atomic E-state index is 0.173. The van der Waals surface area contributed by atoms with Crippen LogP contribution < -0.4 is 0 Å². The summed E-state index contributed by atoms with van der Waals surface area (Å²) in [7, 11) is 0. The molecule has 1 rings (SSSR count). The van der Waals surface area contributed by atoms with Crippen molar-refractivity contribution in [3.8, 4) is 0 Å². The van der Waals surface area contributed by atoms with Crippen LogP contribution in [0.15, 0.2) is 9.98 Å². The lowest BCUT2D eigenvalue weighted by atomic mass is 10.4. The first kappa shape index (κ1) is 11.4. The average Bonchev–Trinajstić information content (AvgIpc) is 2.19. The molecule has 0 N–H and O–H groups in total. The van der Waals surface area contributed by atoms with Gasteiger partial charge in [0.1, 0.15) is 0 Å². The first-order valence-electron chi connectivity index (χ1n) is 3.72. The zero-order valence-electron chi connectivity index (χ0n) is 6.80. The summed E-state index contributed by atoms with van der Waals surface area (Å²) < 4.78 is 0.